The van der Waals surface area contributed by atoms with Crippen molar-refractivity contribution in [2.24, 2.45) is 5.92 Å². The molecule has 2 aliphatic heterocycles. The van der Waals surface area contributed by atoms with Crippen LogP contribution in [-0.2, 0) is 4.79 Å². The van der Waals surface area contributed by atoms with Crippen LogP contribution >= 0.6 is 0 Å². The van der Waals surface area contributed by atoms with E-state index in [-0.39, 0.29) is 0 Å². The van der Waals surface area contributed by atoms with Gasteiger partial charge in [0, 0.05) is 24.4 Å². The molecule has 0 aliphatic carbocycles. The highest BCUT2D eigenvalue weighted by atomic mass is 16.1. The van der Waals surface area contributed by atoms with Crippen LogP contribution in [0, 0.1) is 5.92 Å². The van der Waals surface area contributed by atoms with Crippen molar-refractivity contribution >= 4 is 5.78 Å². The lowest BCUT2D eigenvalue weighted by Gasteiger charge is -2.20. The summed E-state index contributed by atoms with van der Waals surface area (Å²) in [4.78, 5) is 11.7. The largest absolute Gasteiger partial charge is 0.311 e. The maximum absolute atomic E-state index is 11.7. The molecule has 2 fully saturated rings. The third kappa shape index (κ3) is 1.78. The molecule has 3 atom stereocenters. The molecule has 0 amide bonds. The van der Waals surface area contributed by atoms with E-state index in [1.807, 2.05) is 6.92 Å². The van der Waals surface area contributed by atoms with Gasteiger partial charge < -0.3 is 5.32 Å². The summed E-state index contributed by atoms with van der Waals surface area (Å²) in [5, 5.41) is 3.60. The molecule has 0 spiro atoms. The van der Waals surface area contributed by atoms with Gasteiger partial charge in [-0.3, -0.25) is 4.79 Å². The normalized spacial score (nSPS) is 38.7. The standard InChI is InChI=1S/C11H19NO/c1-2-11(13)9-5-3-4-8-6-7-10(9)12-8/h8-10,12H,2-7H2,1H3/t8-,9-,10-/m1/s1. The fourth-order valence-corrected chi connectivity index (χ4v) is 2.83. The van der Waals surface area contributed by atoms with Crippen LogP contribution < -0.4 is 5.32 Å². The Morgan fingerprint density at radius 2 is 2.15 bits per heavy atom. The van der Waals surface area contributed by atoms with Crippen molar-refractivity contribution in [3.63, 3.8) is 0 Å². The Morgan fingerprint density at radius 1 is 1.31 bits per heavy atom. The molecule has 13 heavy (non-hydrogen) atoms. The molecule has 74 valence electrons. The maximum Gasteiger partial charge on any atom is 0.137 e. The van der Waals surface area contributed by atoms with Gasteiger partial charge in [0.25, 0.3) is 0 Å². The lowest BCUT2D eigenvalue weighted by atomic mass is 9.86. The highest BCUT2D eigenvalue weighted by molar-refractivity contribution is 5.81. The number of ketones is 1. The molecule has 2 rings (SSSR count). The zero-order chi connectivity index (χ0) is 9.26. The topological polar surface area (TPSA) is 29.1 Å². The Hall–Kier alpha value is -0.370. The van der Waals surface area contributed by atoms with Gasteiger partial charge in [0.05, 0.1) is 0 Å². The first kappa shape index (κ1) is 9.20. The van der Waals surface area contributed by atoms with Gasteiger partial charge in [0.2, 0.25) is 0 Å². The number of Topliss-reactive ketones (excluding diaryl/α,β-unsaturated/α-hetero) is 1. The van der Waals surface area contributed by atoms with Crippen molar-refractivity contribution in [3.8, 4) is 0 Å². The predicted molar refractivity (Wildman–Crippen MR) is 52.6 cm³/mol. The molecule has 0 saturated carbocycles. The summed E-state index contributed by atoms with van der Waals surface area (Å²) in [5.41, 5.74) is 0. The third-order valence-electron chi connectivity index (χ3n) is 3.59. The number of carbonyl (C=O) groups excluding carboxylic acids is 1. The summed E-state index contributed by atoms with van der Waals surface area (Å²) in [6, 6.07) is 1.24. The lowest BCUT2D eigenvalue weighted by Crippen LogP contribution is -2.36. The van der Waals surface area contributed by atoms with Crippen molar-refractivity contribution in [3.05, 3.63) is 0 Å². The van der Waals surface area contributed by atoms with Gasteiger partial charge in [0.15, 0.2) is 0 Å². The highest BCUT2D eigenvalue weighted by Crippen LogP contribution is 2.30. The Balaban J connectivity index is 2.05. The average Bonchev–Trinajstić information content (AvgIpc) is 2.46. The molecule has 0 aromatic rings. The van der Waals surface area contributed by atoms with Crippen molar-refractivity contribution in [1.29, 1.82) is 0 Å². The van der Waals surface area contributed by atoms with Crippen molar-refractivity contribution in [2.75, 3.05) is 0 Å². The second-order valence-electron chi connectivity index (χ2n) is 4.40. The SMILES string of the molecule is CCC(=O)[C@@H]1CCC[C@@H]2CC[C@H]1N2. The summed E-state index contributed by atoms with van der Waals surface area (Å²) in [5.74, 6) is 0.803. The van der Waals surface area contributed by atoms with E-state index in [0.717, 1.165) is 12.5 Å². The number of nitrogens with one attached hydrogen (secondary N) is 1. The molecule has 0 unspecified atom stereocenters. The minimum Gasteiger partial charge on any atom is -0.311 e. The van der Waals surface area contributed by atoms with E-state index in [2.05, 4.69) is 5.32 Å². The van der Waals surface area contributed by atoms with Crippen LogP contribution in [0.3, 0.4) is 0 Å². The molecule has 0 radical (unpaired) electrons. The number of hydrogen-bond acceptors (Lipinski definition) is 2. The number of carbonyl (C=O) groups is 1. The van der Waals surface area contributed by atoms with E-state index >= 15 is 0 Å². The summed E-state index contributed by atoms with van der Waals surface area (Å²) in [6.45, 7) is 1.99. The van der Waals surface area contributed by atoms with Gasteiger partial charge in [-0.05, 0) is 25.7 Å². The molecule has 2 heteroatoms. The van der Waals surface area contributed by atoms with Crippen LogP contribution in [0.4, 0.5) is 0 Å². The quantitative estimate of drug-likeness (QED) is 0.704. The Labute approximate surface area is 80.1 Å². The van der Waals surface area contributed by atoms with Gasteiger partial charge in [0.1, 0.15) is 5.78 Å². The first-order valence-electron chi connectivity index (χ1n) is 5.60. The zero-order valence-corrected chi connectivity index (χ0v) is 8.38. The number of hydrogen-bond donors (Lipinski definition) is 1. The number of fused-ring (bicyclic) bond motifs is 2. The van der Waals surface area contributed by atoms with Gasteiger partial charge in [-0.25, -0.2) is 0 Å². The number of rotatable bonds is 2. The minimum absolute atomic E-state index is 0.331. The van der Waals surface area contributed by atoms with Crippen LogP contribution in [-0.4, -0.2) is 17.9 Å². The monoisotopic (exact) mass is 181 g/mol. The molecule has 1 N–H and O–H groups in total. The van der Waals surface area contributed by atoms with Gasteiger partial charge in [-0.15, -0.1) is 0 Å². The molecular weight excluding hydrogens is 162 g/mol. The molecule has 2 aliphatic rings. The fourth-order valence-electron chi connectivity index (χ4n) is 2.83. The maximum atomic E-state index is 11.7. The highest BCUT2D eigenvalue weighted by Gasteiger charge is 2.35. The van der Waals surface area contributed by atoms with E-state index in [1.54, 1.807) is 0 Å². The van der Waals surface area contributed by atoms with Crippen molar-refractivity contribution < 1.29 is 4.79 Å². The smallest absolute Gasteiger partial charge is 0.137 e. The van der Waals surface area contributed by atoms with E-state index in [1.165, 1.54) is 25.7 Å². The summed E-state index contributed by atoms with van der Waals surface area (Å²) in [7, 11) is 0. The fraction of sp³-hybridized carbons (Fsp3) is 0.909. The minimum atomic E-state index is 0.331. The molecule has 0 aromatic carbocycles. The van der Waals surface area contributed by atoms with Crippen molar-refractivity contribution in [1.82, 2.24) is 5.32 Å². The van der Waals surface area contributed by atoms with Crippen LogP contribution in [0.2, 0.25) is 0 Å². The first-order valence-corrected chi connectivity index (χ1v) is 5.60. The summed E-state index contributed by atoms with van der Waals surface area (Å²) >= 11 is 0. The first-order chi connectivity index (χ1) is 6.31. The van der Waals surface area contributed by atoms with E-state index < -0.39 is 0 Å². The van der Waals surface area contributed by atoms with E-state index in [0.29, 0.717) is 24.2 Å². The van der Waals surface area contributed by atoms with Gasteiger partial charge in [-0.2, -0.15) is 0 Å². The Morgan fingerprint density at radius 3 is 2.92 bits per heavy atom. The lowest BCUT2D eigenvalue weighted by molar-refractivity contribution is -0.123. The Bertz CT molecular complexity index is 202. The van der Waals surface area contributed by atoms with Crippen LogP contribution in [0.5, 0.6) is 0 Å². The van der Waals surface area contributed by atoms with Crippen LogP contribution in [0.1, 0.15) is 45.4 Å². The second-order valence-corrected chi connectivity index (χ2v) is 4.40. The zero-order valence-electron chi connectivity index (χ0n) is 8.38. The average molecular weight is 181 g/mol. The molecule has 2 saturated heterocycles. The molecule has 2 heterocycles. The van der Waals surface area contributed by atoms with Crippen molar-refractivity contribution in [2.45, 2.75) is 57.5 Å². The Kier molecular flexibility index (Phi) is 2.68. The van der Waals surface area contributed by atoms with Gasteiger partial charge in [-0.1, -0.05) is 13.3 Å². The van der Waals surface area contributed by atoms with Crippen LogP contribution in [0.25, 0.3) is 0 Å². The van der Waals surface area contributed by atoms with E-state index in [4.69, 9.17) is 0 Å². The molecular formula is C11H19NO. The third-order valence-corrected chi connectivity index (χ3v) is 3.59. The summed E-state index contributed by atoms with van der Waals surface area (Å²) in [6.07, 6.45) is 6.88. The predicted octanol–water partition coefficient (Wildman–Crippen LogP) is 1.89. The van der Waals surface area contributed by atoms with E-state index in [9.17, 15) is 4.79 Å². The van der Waals surface area contributed by atoms with Crippen LogP contribution in [0.15, 0.2) is 0 Å². The second kappa shape index (κ2) is 3.79. The molecule has 0 aromatic heterocycles. The van der Waals surface area contributed by atoms with Gasteiger partial charge >= 0.3 is 0 Å². The summed E-state index contributed by atoms with van der Waals surface area (Å²) < 4.78 is 0. The molecule has 2 bridgehead atoms. The molecule has 2 nitrogen and oxygen atoms in total.